The van der Waals surface area contributed by atoms with Crippen LogP contribution in [-0.4, -0.2) is 38.6 Å². The summed E-state index contributed by atoms with van der Waals surface area (Å²) < 4.78 is 0. The molecule has 4 nitrogen and oxygen atoms in total. The Morgan fingerprint density at radius 1 is 1.00 bits per heavy atom. The zero-order valence-corrected chi connectivity index (χ0v) is 17.3. The Morgan fingerprint density at radius 2 is 1.69 bits per heavy atom. The maximum atomic E-state index is 12.6. The minimum absolute atomic E-state index is 0.0137. The van der Waals surface area contributed by atoms with Gasteiger partial charge in [0.2, 0.25) is 0 Å². The maximum absolute atomic E-state index is 12.6. The first-order valence-electron chi connectivity index (χ1n) is 10.5. The zero-order valence-electron chi connectivity index (χ0n) is 17.3. The van der Waals surface area contributed by atoms with Gasteiger partial charge in [0.1, 0.15) is 0 Å². The fourth-order valence-electron chi connectivity index (χ4n) is 4.24. The van der Waals surface area contributed by atoms with Crippen LogP contribution in [0.2, 0.25) is 0 Å². The van der Waals surface area contributed by atoms with E-state index in [1.54, 1.807) is 0 Å². The summed E-state index contributed by atoms with van der Waals surface area (Å²) in [5.41, 5.74) is 3.79. The van der Waals surface area contributed by atoms with Gasteiger partial charge >= 0.3 is 0 Å². The van der Waals surface area contributed by atoms with Crippen LogP contribution in [0.5, 0.6) is 0 Å². The molecule has 0 unspecified atom stereocenters. The van der Waals surface area contributed by atoms with Gasteiger partial charge in [-0.3, -0.25) is 4.79 Å². The molecule has 0 aliphatic carbocycles. The predicted molar refractivity (Wildman–Crippen MR) is 119 cm³/mol. The van der Waals surface area contributed by atoms with Crippen molar-refractivity contribution in [3.05, 3.63) is 77.9 Å². The number of hydrogen-bond donors (Lipinski definition) is 2. The van der Waals surface area contributed by atoms with Crippen LogP contribution in [0.3, 0.4) is 0 Å². The lowest BCUT2D eigenvalue weighted by molar-refractivity contribution is -0.892. The van der Waals surface area contributed by atoms with E-state index in [-0.39, 0.29) is 11.9 Å². The number of piperazine rings is 1. The monoisotopic (exact) mass is 388 g/mol. The van der Waals surface area contributed by atoms with Crippen molar-refractivity contribution in [3.8, 4) is 0 Å². The van der Waals surface area contributed by atoms with Gasteiger partial charge in [-0.25, -0.2) is 0 Å². The number of aryl methyl sites for hydroxylation is 1. The van der Waals surface area contributed by atoms with Gasteiger partial charge in [-0.05, 0) is 47.9 Å². The second-order valence-corrected chi connectivity index (χ2v) is 8.10. The minimum atomic E-state index is 0.0137. The Hall–Kier alpha value is -2.85. The Labute approximate surface area is 173 Å². The summed E-state index contributed by atoms with van der Waals surface area (Å²) in [6.45, 7) is 8.74. The number of nitrogens with zero attached hydrogens (tertiary/aromatic N) is 1. The second-order valence-electron chi connectivity index (χ2n) is 8.10. The number of amides is 1. The lowest BCUT2D eigenvalue weighted by Gasteiger charge is -2.34. The second kappa shape index (κ2) is 8.66. The SMILES string of the molecule is Cc1ccccc1N1CC[NH+](CC(=O)N[C@@H](C)c2ccc3ccccc3c2)CC1. The van der Waals surface area contributed by atoms with Crippen molar-refractivity contribution in [3.63, 3.8) is 0 Å². The number of rotatable bonds is 5. The van der Waals surface area contributed by atoms with E-state index in [1.165, 1.54) is 26.9 Å². The molecule has 1 aliphatic rings. The normalized spacial score (nSPS) is 16.0. The third-order valence-corrected chi connectivity index (χ3v) is 5.99. The molecule has 1 atom stereocenters. The van der Waals surface area contributed by atoms with Crippen LogP contribution in [0, 0.1) is 6.92 Å². The molecule has 4 rings (SSSR count). The molecule has 0 saturated carbocycles. The highest BCUT2D eigenvalue weighted by atomic mass is 16.2. The summed E-state index contributed by atoms with van der Waals surface area (Å²) in [7, 11) is 0. The molecule has 0 aromatic heterocycles. The van der Waals surface area contributed by atoms with Gasteiger partial charge in [-0.2, -0.15) is 0 Å². The average Bonchev–Trinajstić information content (AvgIpc) is 2.74. The fraction of sp³-hybridized carbons (Fsp3) is 0.320. The molecular formula is C25H30N3O+. The van der Waals surface area contributed by atoms with Crippen LogP contribution < -0.4 is 15.1 Å². The van der Waals surface area contributed by atoms with E-state index in [4.69, 9.17) is 0 Å². The van der Waals surface area contributed by atoms with E-state index >= 15 is 0 Å². The summed E-state index contributed by atoms with van der Waals surface area (Å²) in [4.78, 5) is 16.4. The Morgan fingerprint density at radius 3 is 2.45 bits per heavy atom. The van der Waals surface area contributed by atoms with Gasteiger partial charge in [0.15, 0.2) is 6.54 Å². The van der Waals surface area contributed by atoms with Crippen molar-refractivity contribution in [1.82, 2.24) is 5.32 Å². The first-order chi connectivity index (χ1) is 14.1. The minimum Gasteiger partial charge on any atom is -0.360 e. The quantitative estimate of drug-likeness (QED) is 0.705. The topological polar surface area (TPSA) is 36.8 Å². The number of fused-ring (bicyclic) bond motifs is 1. The van der Waals surface area contributed by atoms with E-state index in [2.05, 4.69) is 90.8 Å². The number of para-hydroxylation sites is 1. The molecular weight excluding hydrogens is 358 g/mol. The van der Waals surface area contributed by atoms with Crippen LogP contribution in [-0.2, 0) is 4.79 Å². The fourth-order valence-corrected chi connectivity index (χ4v) is 4.24. The van der Waals surface area contributed by atoms with Crippen molar-refractivity contribution in [2.75, 3.05) is 37.6 Å². The van der Waals surface area contributed by atoms with Gasteiger partial charge in [0.05, 0.1) is 32.2 Å². The van der Waals surface area contributed by atoms with Gasteiger partial charge in [-0.1, -0.05) is 54.6 Å². The zero-order chi connectivity index (χ0) is 20.2. The van der Waals surface area contributed by atoms with Gasteiger partial charge in [0, 0.05) is 5.69 Å². The van der Waals surface area contributed by atoms with Crippen LogP contribution in [0.4, 0.5) is 5.69 Å². The van der Waals surface area contributed by atoms with Crippen LogP contribution in [0.1, 0.15) is 24.1 Å². The third kappa shape index (κ3) is 4.60. The average molecular weight is 389 g/mol. The van der Waals surface area contributed by atoms with Gasteiger partial charge < -0.3 is 15.1 Å². The summed E-state index contributed by atoms with van der Waals surface area (Å²) >= 11 is 0. The van der Waals surface area contributed by atoms with Gasteiger partial charge in [0.25, 0.3) is 5.91 Å². The van der Waals surface area contributed by atoms with Crippen LogP contribution >= 0.6 is 0 Å². The first kappa shape index (κ1) is 19.5. The molecule has 0 radical (unpaired) electrons. The highest BCUT2D eigenvalue weighted by Crippen LogP contribution is 2.20. The number of hydrogen-bond acceptors (Lipinski definition) is 2. The van der Waals surface area contributed by atoms with Crippen molar-refractivity contribution < 1.29 is 9.69 Å². The standard InChI is InChI=1S/C25H29N3O/c1-19-7-3-6-10-24(19)28-15-13-27(14-16-28)18-25(29)26-20(2)22-12-11-21-8-4-5-9-23(21)17-22/h3-12,17,20H,13-16,18H2,1-2H3,(H,26,29)/p+1/t20-/m0/s1. The number of anilines is 1. The van der Waals surface area contributed by atoms with E-state index in [9.17, 15) is 4.79 Å². The van der Waals surface area contributed by atoms with Crippen LogP contribution in [0.15, 0.2) is 66.7 Å². The summed E-state index contributed by atoms with van der Waals surface area (Å²) in [6.07, 6.45) is 0. The lowest BCUT2D eigenvalue weighted by Crippen LogP contribution is -3.16. The lowest BCUT2D eigenvalue weighted by atomic mass is 10.0. The van der Waals surface area contributed by atoms with Crippen LogP contribution in [0.25, 0.3) is 10.8 Å². The molecule has 1 aliphatic heterocycles. The summed E-state index contributed by atoms with van der Waals surface area (Å²) in [5, 5.41) is 5.63. The Balaban J connectivity index is 1.30. The summed E-state index contributed by atoms with van der Waals surface area (Å²) in [6, 6.07) is 23.3. The smallest absolute Gasteiger partial charge is 0.275 e. The number of carbonyl (C=O) groups is 1. The number of quaternary nitrogens is 1. The molecule has 150 valence electrons. The molecule has 3 aromatic carbocycles. The van der Waals surface area contributed by atoms with E-state index in [1.807, 2.05) is 0 Å². The number of benzene rings is 3. The first-order valence-corrected chi connectivity index (χ1v) is 10.5. The molecule has 1 saturated heterocycles. The Bertz CT molecular complexity index is 992. The number of carbonyl (C=O) groups excluding carboxylic acids is 1. The largest absolute Gasteiger partial charge is 0.360 e. The Kier molecular flexibility index (Phi) is 5.81. The molecule has 0 spiro atoms. The maximum Gasteiger partial charge on any atom is 0.275 e. The van der Waals surface area contributed by atoms with E-state index < -0.39 is 0 Å². The molecule has 1 fully saturated rings. The van der Waals surface area contributed by atoms with Crippen molar-refractivity contribution in [2.45, 2.75) is 19.9 Å². The molecule has 1 amide bonds. The predicted octanol–water partition coefficient (Wildman–Crippen LogP) is 2.73. The van der Waals surface area contributed by atoms with Crippen molar-refractivity contribution in [1.29, 1.82) is 0 Å². The molecule has 4 heteroatoms. The number of nitrogens with one attached hydrogen (secondary N) is 2. The molecule has 1 heterocycles. The molecule has 2 N–H and O–H groups in total. The van der Waals surface area contributed by atoms with Crippen molar-refractivity contribution in [2.24, 2.45) is 0 Å². The van der Waals surface area contributed by atoms with E-state index in [0.717, 1.165) is 31.7 Å². The molecule has 29 heavy (non-hydrogen) atoms. The summed E-state index contributed by atoms with van der Waals surface area (Å²) in [5.74, 6) is 0.130. The van der Waals surface area contributed by atoms with Gasteiger partial charge in [-0.15, -0.1) is 0 Å². The third-order valence-electron chi connectivity index (χ3n) is 5.99. The van der Waals surface area contributed by atoms with Crippen molar-refractivity contribution >= 4 is 22.4 Å². The highest BCUT2D eigenvalue weighted by Gasteiger charge is 2.23. The van der Waals surface area contributed by atoms with E-state index in [0.29, 0.717) is 6.54 Å². The molecule has 3 aromatic rings. The highest BCUT2D eigenvalue weighted by molar-refractivity contribution is 5.83. The molecule has 0 bridgehead atoms.